The monoisotopic (exact) mass is 239 g/mol. The molecule has 1 atom stereocenters. The fourth-order valence-corrected chi connectivity index (χ4v) is 1.49. The summed E-state index contributed by atoms with van der Waals surface area (Å²) in [5.74, 6) is 0.0356. The summed E-state index contributed by atoms with van der Waals surface area (Å²) < 4.78 is 0. The SMILES string of the molecule is CCC(Cl)CNC(=O)Cc1ccccc1C. The maximum Gasteiger partial charge on any atom is 0.224 e. The molecule has 16 heavy (non-hydrogen) atoms. The minimum absolute atomic E-state index is 0.0285. The molecule has 1 N–H and O–H groups in total. The van der Waals surface area contributed by atoms with Gasteiger partial charge in [0.25, 0.3) is 0 Å². The molecule has 0 aliphatic rings. The molecule has 0 aliphatic heterocycles. The third kappa shape index (κ3) is 4.23. The third-order valence-corrected chi connectivity index (χ3v) is 3.04. The number of carbonyl (C=O) groups excluding carboxylic acids is 1. The first-order valence-corrected chi connectivity index (χ1v) is 6.02. The average molecular weight is 240 g/mol. The minimum Gasteiger partial charge on any atom is -0.354 e. The van der Waals surface area contributed by atoms with Gasteiger partial charge in [0.1, 0.15) is 0 Å². The predicted molar refractivity (Wildman–Crippen MR) is 67.8 cm³/mol. The van der Waals surface area contributed by atoms with Crippen molar-refractivity contribution in [2.24, 2.45) is 0 Å². The molecule has 0 spiro atoms. The largest absolute Gasteiger partial charge is 0.354 e. The van der Waals surface area contributed by atoms with E-state index in [2.05, 4.69) is 5.32 Å². The van der Waals surface area contributed by atoms with Gasteiger partial charge in [-0.3, -0.25) is 4.79 Å². The number of carbonyl (C=O) groups is 1. The molecule has 3 heteroatoms. The lowest BCUT2D eigenvalue weighted by Gasteiger charge is -2.09. The number of nitrogens with one attached hydrogen (secondary N) is 1. The van der Waals surface area contributed by atoms with Crippen LogP contribution in [-0.2, 0) is 11.2 Å². The van der Waals surface area contributed by atoms with Gasteiger partial charge in [-0.15, -0.1) is 11.6 Å². The van der Waals surface area contributed by atoms with Crippen LogP contribution in [0.15, 0.2) is 24.3 Å². The maximum atomic E-state index is 11.6. The fraction of sp³-hybridized carbons (Fsp3) is 0.462. The standard InChI is InChI=1S/C13H18ClNO/c1-3-12(14)9-15-13(16)8-11-7-5-4-6-10(11)2/h4-7,12H,3,8-9H2,1-2H3,(H,15,16). The number of alkyl halides is 1. The van der Waals surface area contributed by atoms with Crippen LogP contribution >= 0.6 is 11.6 Å². The van der Waals surface area contributed by atoms with Gasteiger partial charge in [-0.2, -0.15) is 0 Å². The van der Waals surface area contributed by atoms with Crippen LogP contribution in [0.5, 0.6) is 0 Å². The van der Waals surface area contributed by atoms with E-state index >= 15 is 0 Å². The van der Waals surface area contributed by atoms with E-state index in [9.17, 15) is 4.79 Å². The molecule has 0 radical (unpaired) electrons. The zero-order chi connectivity index (χ0) is 12.0. The molecular formula is C13H18ClNO. The van der Waals surface area contributed by atoms with Crippen molar-refractivity contribution in [3.63, 3.8) is 0 Å². The van der Waals surface area contributed by atoms with E-state index in [0.717, 1.165) is 17.5 Å². The Bertz CT molecular complexity index is 352. The van der Waals surface area contributed by atoms with Gasteiger partial charge in [0.15, 0.2) is 0 Å². The first kappa shape index (κ1) is 13.0. The van der Waals surface area contributed by atoms with Crippen LogP contribution in [0.1, 0.15) is 24.5 Å². The van der Waals surface area contributed by atoms with Gasteiger partial charge in [-0.05, 0) is 24.5 Å². The fourth-order valence-electron chi connectivity index (χ4n) is 1.41. The van der Waals surface area contributed by atoms with Crippen LogP contribution in [0.3, 0.4) is 0 Å². The maximum absolute atomic E-state index is 11.6. The van der Waals surface area contributed by atoms with E-state index in [0.29, 0.717) is 13.0 Å². The first-order valence-electron chi connectivity index (χ1n) is 5.58. The van der Waals surface area contributed by atoms with Crippen molar-refractivity contribution in [2.45, 2.75) is 32.1 Å². The van der Waals surface area contributed by atoms with E-state index in [4.69, 9.17) is 11.6 Å². The van der Waals surface area contributed by atoms with Gasteiger partial charge in [0, 0.05) is 6.54 Å². The average Bonchev–Trinajstić information content (AvgIpc) is 2.29. The van der Waals surface area contributed by atoms with Crippen LogP contribution in [0.4, 0.5) is 0 Å². The lowest BCUT2D eigenvalue weighted by molar-refractivity contribution is -0.120. The second-order valence-corrected chi connectivity index (χ2v) is 4.53. The lowest BCUT2D eigenvalue weighted by Crippen LogP contribution is -2.30. The Kier molecular flexibility index (Phi) is 5.33. The van der Waals surface area contributed by atoms with Crippen LogP contribution < -0.4 is 5.32 Å². The zero-order valence-corrected chi connectivity index (χ0v) is 10.6. The van der Waals surface area contributed by atoms with Gasteiger partial charge >= 0.3 is 0 Å². The van der Waals surface area contributed by atoms with Crippen molar-refractivity contribution < 1.29 is 4.79 Å². The van der Waals surface area contributed by atoms with Crippen LogP contribution in [0, 0.1) is 6.92 Å². The third-order valence-electron chi connectivity index (χ3n) is 2.58. The molecule has 1 amide bonds. The molecule has 2 nitrogen and oxygen atoms in total. The Morgan fingerprint density at radius 3 is 2.75 bits per heavy atom. The number of benzene rings is 1. The van der Waals surface area contributed by atoms with Crippen molar-refractivity contribution in [1.29, 1.82) is 0 Å². The normalized spacial score (nSPS) is 12.2. The van der Waals surface area contributed by atoms with Crippen LogP contribution in [-0.4, -0.2) is 17.8 Å². The summed E-state index contributed by atoms with van der Waals surface area (Å²) in [6, 6.07) is 7.92. The molecule has 1 aromatic rings. The number of amides is 1. The Hall–Kier alpha value is -1.02. The second kappa shape index (κ2) is 6.54. The molecule has 1 rings (SSSR count). The van der Waals surface area contributed by atoms with Crippen molar-refractivity contribution >= 4 is 17.5 Å². The van der Waals surface area contributed by atoms with E-state index in [-0.39, 0.29) is 11.3 Å². The van der Waals surface area contributed by atoms with Gasteiger partial charge in [-0.1, -0.05) is 31.2 Å². The number of aryl methyl sites for hydroxylation is 1. The first-order chi connectivity index (χ1) is 7.63. The van der Waals surface area contributed by atoms with Gasteiger partial charge in [-0.25, -0.2) is 0 Å². The van der Waals surface area contributed by atoms with E-state index < -0.39 is 0 Å². The summed E-state index contributed by atoms with van der Waals surface area (Å²) in [6.45, 7) is 4.56. The van der Waals surface area contributed by atoms with Crippen molar-refractivity contribution in [3.8, 4) is 0 Å². The molecule has 0 saturated carbocycles. The number of hydrogen-bond donors (Lipinski definition) is 1. The summed E-state index contributed by atoms with van der Waals surface area (Å²) in [5, 5.41) is 2.87. The Labute approximate surface area is 102 Å². The predicted octanol–water partition coefficient (Wildman–Crippen LogP) is 2.67. The summed E-state index contributed by atoms with van der Waals surface area (Å²) in [5.41, 5.74) is 2.22. The zero-order valence-electron chi connectivity index (χ0n) is 9.79. The van der Waals surface area contributed by atoms with Gasteiger partial charge in [0.2, 0.25) is 5.91 Å². The highest BCUT2D eigenvalue weighted by Gasteiger charge is 2.07. The molecule has 0 fully saturated rings. The number of halogens is 1. The summed E-state index contributed by atoms with van der Waals surface area (Å²) in [4.78, 5) is 11.6. The Morgan fingerprint density at radius 2 is 2.12 bits per heavy atom. The van der Waals surface area contributed by atoms with Crippen LogP contribution in [0.2, 0.25) is 0 Å². The van der Waals surface area contributed by atoms with Gasteiger partial charge < -0.3 is 5.32 Å². The molecule has 0 heterocycles. The number of rotatable bonds is 5. The molecule has 0 saturated heterocycles. The number of hydrogen-bond acceptors (Lipinski definition) is 1. The van der Waals surface area contributed by atoms with E-state index in [1.807, 2.05) is 38.1 Å². The summed E-state index contributed by atoms with van der Waals surface area (Å²) in [7, 11) is 0. The molecular weight excluding hydrogens is 222 g/mol. The molecule has 1 aromatic carbocycles. The highest BCUT2D eigenvalue weighted by atomic mass is 35.5. The summed E-state index contributed by atoms with van der Waals surface area (Å²) in [6.07, 6.45) is 1.30. The van der Waals surface area contributed by atoms with Crippen molar-refractivity contribution in [3.05, 3.63) is 35.4 Å². The minimum atomic E-state index is 0.0285. The molecule has 88 valence electrons. The van der Waals surface area contributed by atoms with Crippen LogP contribution in [0.25, 0.3) is 0 Å². The van der Waals surface area contributed by atoms with Crippen molar-refractivity contribution in [2.75, 3.05) is 6.54 Å². The lowest BCUT2D eigenvalue weighted by atomic mass is 10.1. The highest BCUT2D eigenvalue weighted by Crippen LogP contribution is 2.07. The second-order valence-electron chi connectivity index (χ2n) is 3.91. The molecule has 0 aliphatic carbocycles. The quantitative estimate of drug-likeness (QED) is 0.787. The van der Waals surface area contributed by atoms with Crippen molar-refractivity contribution in [1.82, 2.24) is 5.32 Å². The highest BCUT2D eigenvalue weighted by molar-refractivity contribution is 6.20. The molecule has 0 aromatic heterocycles. The topological polar surface area (TPSA) is 29.1 Å². The molecule has 1 unspecified atom stereocenters. The molecule has 0 bridgehead atoms. The smallest absolute Gasteiger partial charge is 0.224 e. The Balaban J connectivity index is 2.43. The van der Waals surface area contributed by atoms with E-state index in [1.165, 1.54) is 0 Å². The van der Waals surface area contributed by atoms with Gasteiger partial charge in [0.05, 0.1) is 11.8 Å². The summed E-state index contributed by atoms with van der Waals surface area (Å²) >= 11 is 5.93. The van der Waals surface area contributed by atoms with E-state index in [1.54, 1.807) is 0 Å². The Morgan fingerprint density at radius 1 is 1.44 bits per heavy atom.